The standard InChI is InChI=1S/C10H11NOS/c11-7-8-3-4-12-9(6-8)10-2-1-5-13-10/h1-2,5,8-9H,3-4,6H2/t8-,9+/m0/s1. The summed E-state index contributed by atoms with van der Waals surface area (Å²) in [4.78, 5) is 1.25. The van der Waals surface area contributed by atoms with Crippen LogP contribution in [-0.2, 0) is 4.74 Å². The van der Waals surface area contributed by atoms with Crippen molar-refractivity contribution in [3.8, 4) is 6.07 Å². The topological polar surface area (TPSA) is 33.0 Å². The van der Waals surface area contributed by atoms with Crippen LogP contribution < -0.4 is 0 Å². The highest BCUT2D eigenvalue weighted by Crippen LogP contribution is 2.33. The molecular formula is C10H11NOS. The fraction of sp³-hybridized carbons (Fsp3) is 0.500. The Labute approximate surface area is 81.8 Å². The van der Waals surface area contributed by atoms with Crippen LogP contribution in [0.15, 0.2) is 17.5 Å². The second kappa shape index (κ2) is 3.91. The van der Waals surface area contributed by atoms with Gasteiger partial charge in [-0.2, -0.15) is 5.26 Å². The molecule has 1 saturated heterocycles. The second-order valence-electron chi connectivity index (χ2n) is 3.23. The molecule has 0 amide bonds. The van der Waals surface area contributed by atoms with Gasteiger partial charge in [-0.1, -0.05) is 6.07 Å². The van der Waals surface area contributed by atoms with Gasteiger partial charge in [-0.25, -0.2) is 0 Å². The quantitative estimate of drug-likeness (QED) is 0.687. The molecule has 1 fully saturated rings. The summed E-state index contributed by atoms with van der Waals surface area (Å²) >= 11 is 1.71. The number of hydrogen-bond acceptors (Lipinski definition) is 3. The second-order valence-corrected chi connectivity index (χ2v) is 4.20. The third-order valence-electron chi connectivity index (χ3n) is 2.33. The maximum Gasteiger partial charge on any atom is 0.0929 e. The van der Waals surface area contributed by atoms with E-state index in [1.54, 1.807) is 11.3 Å². The molecule has 3 heteroatoms. The molecule has 0 aromatic carbocycles. The summed E-state index contributed by atoms with van der Waals surface area (Å²) in [6.45, 7) is 0.723. The van der Waals surface area contributed by atoms with E-state index in [9.17, 15) is 0 Å². The number of hydrogen-bond donors (Lipinski definition) is 0. The fourth-order valence-electron chi connectivity index (χ4n) is 1.59. The molecule has 1 aromatic rings. The normalized spacial score (nSPS) is 28.2. The van der Waals surface area contributed by atoms with E-state index in [-0.39, 0.29) is 12.0 Å². The van der Waals surface area contributed by atoms with Gasteiger partial charge in [0.1, 0.15) is 0 Å². The Morgan fingerprint density at radius 3 is 3.23 bits per heavy atom. The lowest BCUT2D eigenvalue weighted by Crippen LogP contribution is -2.17. The molecule has 1 aliphatic rings. The van der Waals surface area contributed by atoms with Crippen molar-refractivity contribution in [3.05, 3.63) is 22.4 Å². The lowest BCUT2D eigenvalue weighted by molar-refractivity contribution is 0.00286. The number of rotatable bonds is 1. The minimum absolute atomic E-state index is 0.165. The van der Waals surface area contributed by atoms with E-state index < -0.39 is 0 Å². The minimum atomic E-state index is 0.165. The maximum absolute atomic E-state index is 8.80. The van der Waals surface area contributed by atoms with E-state index in [1.807, 2.05) is 6.07 Å². The van der Waals surface area contributed by atoms with E-state index in [4.69, 9.17) is 10.00 Å². The zero-order valence-corrected chi connectivity index (χ0v) is 8.09. The Morgan fingerprint density at radius 2 is 2.54 bits per heavy atom. The van der Waals surface area contributed by atoms with Crippen LogP contribution in [0.4, 0.5) is 0 Å². The van der Waals surface area contributed by atoms with Gasteiger partial charge in [-0.05, 0) is 24.3 Å². The largest absolute Gasteiger partial charge is 0.373 e. The zero-order valence-electron chi connectivity index (χ0n) is 7.27. The Morgan fingerprint density at radius 1 is 1.62 bits per heavy atom. The van der Waals surface area contributed by atoms with Gasteiger partial charge in [-0.15, -0.1) is 11.3 Å². The Hall–Kier alpha value is -0.850. The van der Waals surface area contributed by atoms with Gasteiger partial charge in [-0.3, -0.25) is 0 Å². The van der Waals surface area contributed by atoms with Crippen LogP contribution in [-0.4, -0.2) is 6.61 Å². The molecule has 13 heavy (non-hydrogen) atoms. The molecule has 2 nitrogen and oxygen atoms in total. The van der Waals surface area contributed by atoms with Crippen molar-refractivity contribution in [1.82, 2.24) is 0 Å². The molecule has 68 valence electrons. The maximum atomic E-state index is 8.80. The number of ether oxygens (including phenoxy) is 1. The Bertz CT molecular complexity index is 301. The third kappa shape index (κ3) is 1.90. The third-order valence-corrected chi connectivity index (χ3v) is 3.29. The van der Waals surface area contributed by atoms with E-state index in [1.165, 1.54) is 4.88 Å². The molecule has 0 N–H and O–H groups in total. The van der Waals surface area contributed by atoms with Gasteiger partial charge in [0.25, 0.3) is 0 Å². The molecule has 1 aromatic heterocycles. The van der Waals surface area contributed by atoms with Crippen LogP contribution in [0, 0.1) is 17.2 Å². The first-order valence-corrected chi connectivity index (χ1v) is 5.32. The molecule has 0 bridgehead atoms. The van der Waals surface area contributed by atoms with Crippen molar-refractivity contribution in [2.75, 3.05) is 6.61 Å². The van der Waals surface area contributed by atoms with Crippen molar-refractivity contribution in [2.45, 2.75) is 18.9 Å². The molecule has 0 spiro atoms. The average Bonchev–Trinajstić information content (AvgIpc) is 2.71. The number of nitriles is 1. The molecule has 2 heterocycles. The summed E-state index contributed by atoms with van der Waals surface area (Å²) in [5.74, 6) is 0.181. The van der Waals surface area contributed by atoms with Gasteiger partial charge in [0.05, 0.1) is 18.1 Å². The monoisotopic (exact) mass is 193 g/mol. The predicted molar refractivity (Wildman–Crippen MR) is 51.3 cm³/mol. The van der Waals surface area contributed by atoms with Crippen molar-refractivity contribution in [2.24, 2.45) is 5.92 Å². The first-order chi connectivity index (χ1) is 6.40. The highest BCUT2D eigenvalue weighted by molar-refractivity contribution is 7.10. The van der Waals surface area contributed by atoms with Crippen LogP contribution in [0.5, 0.6) is 0 Å². The summed E-state index contributed by atoms with van der Waals surface area (Å²) in [5.41, 5.74) is 0. The van der Waals surface area contributed by atoms with Gasteiger partial charge in [0.15, 0.2) is 0 Å². The minimum Gasteiger partial charge on any atom is -0.373 e. The molecule has 2 rings (SSSR count). The van der Waals surface area contributed by atoms with Crippen molar-refractivity contribution >= 4 is 11.3 Å². The van der Waals surface area contributed by atoms with E-state index in [2.05, 4.69) is 17.5 Å². The number of thiophene rings is 1. The number of nitrogens with zero attached hydrogens (tertiary/aromatic N) is 1. The average molecular weight is 193 g/mol. The molecule has 0 aliphatic carbocycles. The first-order valence-electron chi connectivity index (χ1n) is 4.45. The Kier molecular flexibility index (Phi) is 2.62. The van der Waals surface area contributed by atoms with Gasteiger partial charge in [0.2, 0.25) is 0 Å². The summed E-state index contributed by atoms with van der Waals surface area (Å²) < 4.78 is 5.61. The molecule has 2 atom stereocenters. The summed E-state index contributed by atoms with van der Waals surface area (Å²) in [5, 5.41) is 10.9. The first kappa shape index (κ1) is 8.74. The van der Waals surface area contributed by atoms with Crippen molar-refractivity contribution in [3.63, 3.8) is 0 Å². The summed E-state index contributed by atoms with van der Waals surface area (Å²) in [6.07, 6.45) is 1.91. The summed E-state index contributed by atoms with van der Waals surface area (Å²) in [6, 6.07) is 6.43. The van der Waals surface area contributed by atoms with Crippen LogP contribution >= 0.6 is 11.3 Å². The van der Waals surface area contributed by atoms with Crippen molar-refractivity contribution < 1.29 is 4.74 Å². The molecular weight excluding hydrogens is 182 g/mol. The zero-order chi connectivity index (χ0) is 9.10. The smallest absolute Gasteiger partial charge is 0.0929 e. The van der Waals surface area contributed by atoms with E-state index in [0.717, 1.165) is 19.4 Å². The molecule has 1 aliphatic heterocycles. The van der Waals surface area contributed by atoms with Gasteiger partial charge in [0, 0.05) is 11.5 Å². The summed E-state index contributed by atoms with van der Waals surface area (Å²) in [7, 11) is 0. The lowest BCUT2D eigenvalue weighted by atomic mass is 9.96. The fourth-order valence-corrected chi connectivity index (χ4v) is 2.37. The highest BCUT2D eigenvalue weighted by Gasteiger charge is 2.23. The predicted octanol–water partition coefficient (Wildman–Crippen LogP) is 2.74. The van der Waals surface area contributed by atoms with Crippen LogP contribution in [0.1, 0.15) is 23.8 Å². The molecule has 0 saturated carbocycles. The van der Waals surface area contributed by atoms with E-state index >= 15 is 0 Å². The van der Waals surface area contributed by atoms with Gasteiger partial charge < -0.3 is 4.74 Å². The van der Waals surface area contributed by atoms with Crippen molar-refractivity contribution in [1.29, 1.82) is 5.26 Å². The SMILES string of the molecule is N#C[C@H]1CCO[C@@H](c2cccs2)C1. The highest BCUT2D eigenvalue weighted by atomic mass is 32.1. The van der Waals surface area contributed by atoms with E-state index in [0.29, 0.717) is 0 Å². The molecule has 0 radical (unpaired) electrons. The van der Waals surface area contributed by atoms with Crippen LogP contribution in [0.3, 0.4) is 0 Å². The van der Waals surface area contributed by atoms with Gasteiger partial charge >= 0.3 is 0 Å². The van der Waals surface area contributed by atoms with Crippen LogP contribution in [0.25, 0.3) is 0 Å². The van der Waals surface area contributed by atoms with Crippen LogP contribution in [0.2, 0.25) is 0 Å². The Balaban J connectivity index is 2.05. The molecule has 0 unspecified atom stereocenters. The lowest BCUT2D eigenvalue weighted by Gasteiger charge is -2.24.